The van der Waals surface area contributed by atoms with Crippen molar-refractivity contribution in [1.82, 2.24) is 40.3 Å². The molecule has 0 spiro atoms. The summed E-state index contributed by atoms with van der Waals surface area (Å²) < 4.78 is 29.9. The molecule has 1 unspecified atom stereocenters. The Bertz CT molecular complexity index is 2620. The van der Waals surface area contributed by atoms with E-state index in [9.17, 15) is 24.0 Å². The maximum Gasteiger partial charge on any atom is 0.259 e. The smallest absolute Gasteiger partial charge is 0.259 e. The molecule has 3 aromatic heterocycles. The first kappa shape index (κ1) is 53.1. The van der Waals surface area contributed by atoms with Crippen molar-refractivity contribution < 1.29 is 42.9 Å². The second-order valence-corrected chi connectivity index (χ2v) is 19.1. The van der Waals surface area contributed by atoms with Gasteiger partial charge in [-0.2, -0.15) is 0 Å². The zero-order chi connectivity index (χ0) is 50.4. The number of aryl methyl sites for hydroxylation is 2. The summed E-state index contributed by atoms with van der Waals surface area (Å²) in [5.74, 6) is 0.0169. The number of nitrogens with zero attached hydrogens (tertiary/aromatic N) is 5. The largest absolute Gasteiger partial charge is 0.496 e. The standard InChI is InChI=1S/C51H66N8O10S/c1-33-46(70-32-55-33)35-13-11-34(12-14-35)26-54-48(62)41-10-9-18-59(41)50(64)47(51(2,3)4)56-45(61)31-69-23-22-68-21-20-67-19-17-53-44(60)30-57(5)28-40-42(65-7)24-36(25-43(40)66-8)39-29-58(6)49(63)38-27-52-16-15-37(38)39/h11-16,24-25,27,29,32,41,47H,9-10,17-23,26,28,30-31H2,1-8H3,(H,53,60)(H,54,62)(H,56,61)/t41?,47-/m0/s1. The van der Waals surface area contributed by atoms with Crippen LogP contribution in [0, 0.1) is 12.3 Å². The summed E-state index contributed by atoms with van der Waals surface area (Å²) >= 11 is 1.59. The Balaban J connectivity index is 0.843. The summed E-state index contributed by atoms with van der Waals surface area (Å²) in [6, 6.07) is 12.1. The molecule has 0 bridgehead atoms. The molecule has 0 radical (unpaired) electrons. The van der Waals surface area contributed by atoms with Crippen LogP contribution in [0.15, 0.2) is 71.4 Å². The third-order valence-electron chi connectivity index (χ3n) is 12.0. The number of amides is 4. The highest BCUT2D eigenvalue weighted by atomic mass is 32.1. The lowest BCUT2D eigenvalue weighted by Gasteiger charge is -2.35. The number of likely N-dealkylation sites (N-methyl/N-ethyl adjacent to an activating group) is 1. The minimum atomic E-state index is -0.864. The van der Waals surface area contributed by atoms with Crippen molar-refractivity contribution in [3.8, 4) is 33.1 Å². The van der Waals surface area contributed by atoms with Gasteiger partial charge in [0.15, 0.2) is 0 Å². The van der Waals surface area contributed by atoms with Crippen LogP contribution in [0.1, 0.15) is 50.4 Å². The molecule has 3 N–H and O–H groups in total. The Kier molecular flexibility index (Phi) is 19.0. The second-order valence-electron chi connectivity index (χ2n) is 18.3. The van der Waals surface area contributed by atoms with E-state index < -0.39 is 23.4 Å². The van der Waals surface area contributed by atoms with Crippen molar-refractivity contribution in [2.24, 2.45) is 12.5 Å². The van der Waals surface area contributed by atoms with E-state index in [2.05, 4.69) is 25.9 Å². The number of carbonyl (C=O) groups is 4. The summed E-state index contributed by atoms with van der Waals surface area (Å²) in [6.45, 7) is 10.1. The van der Waals surface area contributed by atoms with Crippen LogP contribution in [0.3, 0.4) is 0 Å². The first-order valence-electron chi connectivity index (χ1n) is 23.3. The Morgan fingerprint density at radius 1 is 0.900 bits per heavy atom. The van der Waals surface area contributed by atoms with E-state index in [0.717, 1.165) is 43.8 Å². The van der Waals surface area contributed by atoms with Crippen LogP contribution in [0.25, 0.3) is 32.3 Å². The number of ether oxygens (including phenoxy) is 5. The van der Waals surface area contributed by atoms with Crippen LogP contribution in [0.2, 0.25) is 0 Å². The first-order chi connectivity index (χ1) is 33.6. The van der Waals surface area contributed by atoms with Crippen LogP contribution >= 0.6 is 11.3 Å². The SMILES string of the molecule is COc1cc(-c2cn(C)c(=O)c3cnccc23)cc(OC)c1CN(C)CC(=O)NCCOCCOCCOCC(=O)N[C@@H](C(=O)N1CCCC1C(=O)NCc1ccc(-c2scnc2C)cc1)C(C)(C)C. The third-order valence-corrected chi connectivity index (χ3v) is 13.0. The number of hydrogen-bond donors (Lipinski definition) is 3. The van der Waals surface area contributed by atoms with Gasteiger partial charge in [0.1, 0.15) is 30.2 Å². The van der Waals surface area contributed by atoms with Crippen molar-refractivity contribution in [3.05, 3.63) is 93.7 Å². The molecule has 376 valence electrons. The maximum atomic E-state index is 13.9. The van der Waals surface area contributed by atoms with Gasteiger partial charge < -0.3 is 49.1 Å². The normalized spacial score (nSPS) is 14.2. The second kappa shape index (κ2) is 25.0. The van der Waals surface area contributed by atoms with Gasteiger partial charge in [0, 0.05) is 57.4 Å². The van der Waals surface area contributed by atoms with E-state index >= 15 is 0 Å². The molecule has 2 atom stereocenters. The monoisotopic (exact) mass is 982 g/mol. The maximum absolute atomic E-state index is 13.9. The van der Waals surface area contributed by atoms with Gasteiger partial charge in [-0.25, -0.2) is 4.98 Å². The summed E-state index contributed by atoms with van der Waals surface area (Å²) in [4.78, 5) is 78.8. The Labute approximate surface area is 413 Å². The fourth-order valence-electron chi connectivity index (χ4n) is 8.31. The number of hydrogen-bond acceptors (Lipinski definition) is 14. The first-order valence-corrected chi connectivity index (χ1v) is 24.2. The van der Waals surface area contributed by atoms with Gasteiger partial charge in [-0.1, -0.05) is 45.0 Å². The van der Waals surface area contributed by atoms with Gasteiger partial charge in [0.05, 0.1) is 80.8 Å². The fourth-order valence-corrected chi connectivity index (χ4v) is 9.12. The quantitative estimate of drug-likeness (QED) is 0.0731. The lowest BCUT2D eigenvalue weighted by molar-refractivity contribution is -0.144. The minimum absolute atomic E-state index is 0.116. The molecule has 4 amide bonds. The molecule has 0 aliphatic carbocycles. The van der Waals surface area contributed by atoms with Gasteiger partial charge in [0.2, 0.25) is 23.6 Å². The van der Waals surface area contributed by atoms with Crippen molar-refractivity contribution >= 4 is 45.7 Å². The number of rotatable bonds is 24. The molecule has 4 heterocycles. The predicted octanol–water partition coefficient (Wildman–Crippen LogP) is 4.49. The molecule has 19 heteroatoms. The minimum Gasteiger partial charge on any atom is -0.496 e. The topological polar surface area (TPSA) is 205 Å². The van der Waals surface area contributed by atoms with Crippen LogP contribution in [-0.2, 0) is 53.5 Å². The average Bonchev–Trinajstić information content (AvgIpc) is 4.02. The Morgan fingerprint density at radius 3 is 2.24 bits per heavy atom. The van der Waals surface area contributed by atoms with Crippen LogP contribution < -0.4 is 31.0 Å². The molecule has 6 rings (SSSR count). The number of carbonyl (C=O) groups excluding carboxylic acids is 4. The zero-order valence-corrected chi connectivity index (χ0v) is 42.2. The van der Waals surface area contributed by atoms with Gasteiger partial charge >= 0.3 is 0 Å². The fraction of sp³-hybridized carbons (Fsp3) is 0.471. The number of benzene rings is 2. The number of thiazole rings is 1. The number of aromatic nitrogens is 3. The highest BCUT2D eigenvalue weighted by molar-refractivity contribution is 7.13. The molecule has 1 aliphatic heterocycles. The van der Waals surface area contributed by atoms with Crippen molar-refractivity contribution in [2.45, 2.75) is 65.7 Å². The molecule has 2 aromatic carbocycles. The molecule has 1 aliphatic rings. The van der Waals surface area contributed by atoms with E-state index in [1.807, 2.05) is 87.6 Å². The molecule has 5 aromatic rings. The number of nitrogens with one attached hydrogen (secondary N) is 3. The molecule has 1 fully saturated rings. The van der Waals surface area contributed by atoms with E-state index in [4.69, 9.17) is 23.7 Å². The van der Waals surface area contributed by atoms with Crippen molar-refractivity contribution in [2.75, 3.05) is 80.5 Å². The third kappa shape index (κ3) is 14.0. The molecular weight excluding hydrogens is 917 g/mol. The van der Waals surface area contributed by atoms with E-state index in [1.165, 1.54) is 4.57 Å². The van der Waals surface area contributed by atoms with Crippen molar-refractivity contribution in [3.63, 3.8) is 0 Å². The summed E-state index contributed by atoms with van der Waals surface area (Å²) in [6.07, 6.45) is 6.23. The van der Waals surface area contributed by atoms with E-state index in [-0.39, 0.29) is 62.9 Å². The van der Waals surface area contributed by atoms with Gasteiger partial charge in [-0.15, -0.1) is 11.3 Å². The Morgan fingerprint density at radius 2 is 1.59 bits per heavy atom. The van der Waals surface area contributed by atoms with E-state index in [0.29, 0.717) is 62.5 Å². The molecule has 0 saturated carbocycles. The van der Waals surface area contributed by atoms with Crippen LogP contribution in [0.5, 0.6) is 11.5 Å². The predicted molar refractivity (Wildman–Crippen MR) is 268 cm³/mol. The van der Waals surface area contributed by atoms with E-state index in [1.54, 1.807) is 56.1 Å². The van der Waals surface area contributed by atoms with Gasteiger partial charge in [-0.05, 0) is 72.5 Å². The summed E-state index contributed by atoms with van der Waals surface area (Å²) in [7, 11) is 6.69. The lowest BCUT2D eigenvalue weighted by Crippen LogP contribution is -2.58. The average molecular weight is 983 g/mol. The molecular formula is C51H66N8O10S. The van der Waals surface area contributed by atoms with Crippen LogP contribution in [-0.4, -0.2) is 141 Å². The molecule has 70 heavy (non-hydrogen) atoms. The summed E-state index contributed by atoms with van der Waals surface area (Å²) in [5.41, 5.74) is 6.46. The van der Waals surface area contributed by atoms with Gasteiger partial charge in [-0.3, -0.25) is 33.9 Å². The molecule has 1 saturated heterocycles. The number of methoxy groups -OCH3 is 2. The number of pyridine rings is 2. The Hall–Kier alpha value is -6.25. The molecule has 18 nitrogen and oxygen atoms in total. The van der Waals surface area contributed by atoms with Crippen molar-refractivity contribution in [1.29, 1.82) is 0 Å². The number of likely N-dealkylation sites (tertiary alicyclic amines) is 1. The highest BCUT2D eigenvalue weighted by Crippen LogP contribution is 2.38. The number of fused-ring (bicyclic) bond motifs is 1. The van der Waals surface area contributed by atoms with Gasteiger partial charge in [0.25, 0.3) is 5.56 Å². The zero-order valence-electron chi connectivity index (χ0n) is 41.4. The highest BCUT2D eigenvalue weighted by Gasteiger charge is 2.42. The summed E-state index contributed by atoms with van der Waals surface area (Å²) in [5, 5.41) is 10.00. The van der Waals surface area contributed by atoms with Crippen LogP contribution in [0.4, 0.5) is 0 Å². The lowest BCUT2D eigenvalue weighted by atomic mass is 9.85.